The van der Waals surface area contributed by atoms with E-state index in [1.54, 1.807) is 0 Å². The van der Waals surface area contributed by atoms with Crippen molar-refractivity contribution in [2.24, 2.45) is 23.2 Å². The summed E-state index contributed by atoms with van der Waals surface area (Å²) in [6.45, 7) is 11.8. The summed E-state index contributed by atoms with van der Waals surface area (Å²) in [5.41, 5.74) is 3.60. The first kappa shape index (κ1) is 24.9. The molecular weight excluding hydrogens is 444 g/mol. The molecule has 36 heavy (non-hydrogen) atoms. The minimum atomic E-state index is -0.244. The lowest BCUT2D eigenvalue weighted by Crippen LogP contribution is -2.61. The first-order valence-corrected chi connectivity index (χ1v) is 13.9. The number of ether oxygens (including phenoxy) is 1. The summed E-state index contributed by atoms with van der Waals surface area (Å²) in [5, 5.41) is 0. The molecule has 2 bridgehead atoms. The molecule has 1 saturated heterocycles. The van der Waals surface area contributed by atoms with Crippen LogP contribution in [0.15, 0.2) is 60.8 Å². The summed E-state index contributed by atoms with van der Waals surface area (Å²) >= 11 is 0. The molecule has 4 atom stereocenters. The third-order valence-electron chi connectivity index (χ3n) is 9.57. The highest BCUT2D eigenvalue weighted by Gasteiger charge is 2.57. The Morgan fingerprint density at radius 2 is 1.75 bits per heavy atom. The predicted molar refractivity (Wildman–Crippen MR) is 148 cm³/mol. The second kappa shape index (κ2) is 10.3. The van der Waals surface area contributed by atoms with E-state index in [1.807, 2.05) is 19.1 Å². The van der Waals surface area contributed by atoms with Crippen LogP contribution in [-0.4, -0.2) is 42.6 Å². The predicted octanol–water partition coefficient (Wildman–Crippen LogP) is 6.88. The number of fused-ring (bicyclic) bond motifs is 2. The van der Waals surface area contributed by atoms with Gasteiger partial charge in [0.2, 0.25) is 0 Å². The summed E-state index contributed by atoms with van der Waals surface area (Å²) in [6.07, 6.45) is 9.78. The molecule has 3 saturated carbocycles. The topological polar surface area (TPSA) is 32.8 Å². The number of hydrogen-bond acceptors (Lipinski definition) is 4. The van der Waals surface area contributed by atoms with E-state index in [2.05, 4.69) is 85.3 Å². The zero-order chi connectivity index (χ0) is 25.3. The zero-order valence-electron chi connectivity index (χ0n) is 22.4. The van der Waals surface area contributed by atoms with E-state index < -0.39 is 0 Å². The Balaban J connectivity index is 1.29. The summed E-state index contributed by atoms with van der Waals surface area (Å²) in [7, 11) is 0. The zero-order valence-corrected chi connectivity index (χ0v) is 22.4. The molecule has 6 rings (SSSR count). The van der Waals surface area contributed by atoms with Crippen LogP contribution in [0.1, 0.15) is 69.3 Å². The maximum atomic E-state index is 12.0. The fourth-order valence-electron chi connectivity index (χ4n) is 7.20. The van der Waals surface area contributed by atoms with Crippen LogP contribution >= 0.6 is 0 Å². The maximum absolute atomic E-state index is 12.0. The highest BCUT2D eigenvalue weighted by Crippen LogP contribution is 2.62. The van der Waals surface area contributed by atoms with Crippen LogP contribution in [0.4, 0.5) is 5.69 Å². The van der Waals surface area contributed by atoms with Gasteiger partial charge in [-0.1, -0.05) is 51.1 Å². The van der Waals surface area contributed by atoms with E-state index in [0.29, 0.717) is 29.7 Å². The van der Waals surface area contributed by atoms with Crippen molar-refractivity contribution in [2.75, 3.05) is 24.6 Å². The molecule has 0 N–H and O–H groups in total. The molecular formula is C32H42N2O2. The standard InChI is InChI=1S/C32H42N2O2/c1-5-36-31(35)25-11-13-27(14-12-25)33-18-16-28(17-19-33)34(20-15-24-9-7-6-8-10-24)30-22-26-21-29(23(30)2)32(26,3)4/h6-15,20,23,26,28-30H,5,16-19,21-22H2,1-4H3/t23-,26+,29-,30-/m0/s1. The number of anilines is 1. The molecule has 0 unspecified atom stereocenters. The van der Waals surface area contributed by atoms with E-state index in [1.165, 1.54) is 24.1 Å². The third-order valence-corrected chi connectivity index (χ3v) is 9.57. The number of carbonyl (C=O) groups excluding carboxylic acids is 1. The van der Waals surface area contributed by atoms with E-state index in [9.17, 15) is 4.79 Å². The van der Waals surface area contributed by atoms with Gasteiger partial charge in [0.05, 0.1) is 12.2 Å². The number of rotatable bonds is 7. The fourth-order valence-corrected chi connectivity index (χ4v) is 7.20. The van der Waals surface area contributed by atoms with Crippen molar-refractivity contribution in [3.8, 4) is 0 Å². The Hall–Kier alpha value is -2.75. The quantitative estimate of drug-likeness (QED) is 0.400. The lowest BCUT2D eigenvalue weighted by atomic mass is 9.44. The minimum absolute atomic E-state index is 0.244. The highest BCUT2D eigenvalue weighted by atomic mass is 16.5. The van der Waals surface area contributed by atoms with Gasteiger partial charge >= 0.3 is 5.97 Å². The first-order valence-electron chi connectivity index (χ1n) is 13.9. The normalized spacial score (nSPS) is 27.5. The summed E-state index contributed by atoms with van der Waals surface area (Å²) in [6, 6.07) is 19.8. The number of hydrogen-bond donors (Lipinski definition) is 0. The van der Waals surface area contributed by atoms with Gasteiger partial charge < -0.3 is 14.5 Å². The molecule has 0 spiro atoms. The van der Waals surface area contributed by atoms with Crippen molar-refractivity contribution in [2.45, 2.75) is 65.5 Å². The van der Waals surface area contributed by atoms with Crippen LogP contribution in [0.2, 0.25) is 0 Å². The number of esters is 1. The van der Waals surface area contributed by atoms with Crippen LogP contribution < -0.4 is 4.90 Å². The van der Waals surface area contributed by atoms with Crippen LogP contribution in [0.25, 0.3) is 6.08 Å². The smallest absolute Gasteiger partial charge is 0.338 e. The number of benzene rings is 2. The van der Waals surface area contributed by atoms with Gasteiger partial charge in [-0.2, -0.15) is 0 Å². The summed E-state index contributed by atoms with van der Waals surface area (Å²) < 4.78 is 5.13. The summed E-state index contributed by atoms with van der Waals surface area (Å²) in [5.74, 6) is 2.17. The first-order chi connectivity index (χ1) is 17.4. The molecule has 4 heteroatoms. The van der Waals surface area contributed by atoms with Crippen LogP contribution in [0.5, 0.6) is 0 Å². The van der Waals surface area contributed by atoms with Crippen molar-refractivity contribution in [3.05, 3.63) is 71.9 Å². The van der Waals surface area contributed by atoms with Gasteiger partial charge in [0.15, 0.2) is 0 Å². The Kier molecular flexibility index (Phi) is 7.14. The Morgan fingerprint density at radius 1 is 1.06 bits per heavy atom. The molecule has 2 aromatic rings. The van der Waals surface area contributed by atoms with E-state index in [-0.39, 0.29) is 5.97 Å². The molecule has 3 aliphatic carbocycles. The molecule has 4 aliphatic rings. The second-order valence-electron chi connectivity index (χ2n) is 11.7. The second-order valence-corrected chi connectivity index (χ2v) is 11.7. The SMILES string of the molecule is CCOC(=O)c1ccc(N2CCC(N(C=Cc3ccccc3)[C@H]3C[C@H]4C[C@@H]([C@@H]3C)C4(C)C)CC2)cc1. The van der Waals surface area contributed by atoms with Crippen LogP contribution in [0, 0.1) is 23.2 Å². The molecule has 0 amide bonds. The number of nitrogens with zero attached hydrogens (tertiary/aromatic N) is 2. The minimum Gasteiger partial charge on any atom is -0.462 e. The van der Waals surface area contributed by atoms with Gasteiger partial charge in [-0.15, -0.1) is 0 Å². The molecule has 0 aromatic heterocycles. The van der Waals surface area contributed by atoms with Gasteiger partial charge in [0.1, 0.15) is 0 Å². The van der Waals surface area contributed by atoms with E-state index in [0.717, 1.165) is 43.7 Å². The van der Waals surface area contributed by atoms with Gasteiger partial charge in [-0.3, -0.25) is 0 Å². The highest BCUT2D eigenvalue weighted by molar-refractivity contribution is 5.89. The van der Waals surface area contributed by atoms with E-state index in [4.69, 9.17) is 4.74 Å². The van der Waals surface area contributed by atoms with Crippen molar-refractivity contribution in [1.82, 2.24) is 4.90 Å². The van der Waals surface area contributed by atoms with Crippen molar-refractivity contribution >= 4 is 17.7 Å². The molecule has 2 aromatic carbocycles. The van der Waals surface area contributed by atoms with Gasteiger partial charge in [0, 0.05) is 37.1 Å². The molecule has 1 aliphatic heterocycles. The average Bonchev–Trinajstić information content (AvgIpc) is 2.90. The fraction of sp³-hybridized carbons (Fsp3) is 0.531. The average molecular weight is 487 g/mol. The molecule has 4 fully saturated rings. The Bertz CT molecular complexity index is 1050. The van der Waals surface area contributed by atoms with Gasteiger partial charge in [-0.05, 0) is 91.7 Å². The molecule has 192 valence electrons. The lowest BCUT2D eigenvalue weighted by molar-refractivity contribution is -0.137. The maximum Gasteiger partial charge on any atom is 0.338 e. The Labute approximate surface area is 217 Å². The molecule has 1 heterocycles. The number of carbonyl (C=O) groups is 1. The molecule has 0 radical (unpaired) electrons. The van der Waals surface area contributed by atoms with Gasteiger partial charge in [0.25, 0.3) is 0 Å². The summed E-state index contributed by atoms with van der Waals surface area (Å²) in [4.78, 5) is 17.2. The number of piperidine rings is 1. The van der Waals surface area contributed by atoms with Crippen molar-refractivity contribution < 1.29 is 9.53 Å². The largest absolute Gasteiger partial charge is 0.462 e. The van der Waals surface area contributed by atoms with Crippen LogP contribution in [0.3, 0.4) is 0 Å². The lowest BCUT2D eigenvalue weighted by Gasteiger charge is -2.64. The van der Waals surface area contributed by atoms with Crippen LogP contribution in [-0.2, 0) is 4.74 Å². The van der Waals surface area contributed by atoms with Gasteiger partial charge in [-0.25, -0.2) is 4.79 Å². The third kappa shape index (κ3) is 4.79. The molecule has 4 nitrogen and oxygen atoms in total. The van der Waals surface area contributed by atoms with Crippen molar-refractivity contribution in [3.63, 3.8) is 0 Å². The van der Waals surface area contributed by atoms with E-state index >= 15 is 0 Å². The van der Waals surface area contributed by atoms with Crippen molar-refractivity contribution in [1.29, 1.82) is 0 Å². The monoisotopic (exact) mass is 486 g/mol. The Morgan fingerprint density at radius 3 is 2.36 bits per heavy atom.